The smallest absolute Gasteiger partial charge is 0.323 e. The number of piperidine rings is 1. The summed E-state index contributed by atoms with van der Waals surface area (Å²) in [6, 6.07) is 0.338. The predicted octanol–water partition coefficient (Wildman–Crippen LogP) is 0.705. The average molecular weight is 294 g/mol. The number of hydrogen-bond donors (Lipinski definition) is 2. The molecule has 3 heterocycles. The number of hydrogen-bond acceptors (Lipinski definition) is 8. The highest BCUT2D eigenvalue weighted by Crippen LogP contribution is 2.21. The number of nitrogens with two attached hydrogens (primary N) is 1. The monoisotopic (exact) mass is 294 g/mol. The number of rotatable bonds is 4. The molecule has 2 fully saturated rings. The van der Waals surface area contributed by atoms with Gasteiger partial charge in [-0.3, -0.25) is 5.43 Å². The van der Waals surface area contributed by atoms with E-state index in [9.17, 15) is 0 Å². The number of aromatic nitrogens is 3. The lowest BCUT2D eigenvalue weighted by molar-refractivity contribution is 0.0217. The molecule has 0 saturated carbocycles. The molecule has 3 rings (SSSR count). The van der Waals surface area contributed by atoms with Gasteiger partial charge >= 0.3 is 6.01 Å². The fraction of sp³-hybridized carbons (Fsp3) is 0.769. The molecule has 116 valence electrons. The molecule has 0 bridgehead atoms. The van der Waals surface area contributed by atoms with Crippen molar-refractivity contribution in [2.45, 2.75) is 38.2 Å². The van der Waals surface area contributed by atoms with Gasteiger partial charge in [-0.05, 0) is 19.3 Å². The zero-order chi connectivity index (χ0) is 14.5. The fourth-order valence-electron chi connectivity index (χ4n) is 2.64. The van der Waals surface area contributed by atoms with Crippen LogP contribution < -0.4 is 20.9 Å². The second-order valence-corrected chi connectivity index (χ2v) is 5.36. The Bertz CT molecular complexity index is 460. The first-order valence-corrected chi connectivity index (χ1v) is 7.57. The fourth-order valence-corrected chi connectivity index (χ4v) is 2.64. The Morgan fingerprint density at radius 2 is 1.86 bits per heavy atom. The molecule has 0 radical (unpaired) electrons. The highest BCUT2D eigenvalue weighted by molar-refractivity contribution is 5.38. The third-order valence-electron chi connectivity index (χ3n) is 3.81. The quantitative estimate of drug-likeness (QED) is 0.618. The predicted molar refractivity (Wildman–Crippen MR) is 78.2 cm³/mol. The van der Waals surface area contributed by atoms with Crippen LogP contribution in [0.15, 0.2) is 0 Å². The molecule has 8 nitrogen and oxygen atoms in total. The molecule has 0 amide bonds. The third kappa shape index (κ3) is 3.70. The standard InChI is InChI=1S/C13H22N6O2/c14-18-11-15-12(19-6-2-1-3-7-19)17-13(16-11)21-10-4-8-20-9-5-10/h10H,1-9,14H2,(H,15,16,17,18). The van der Waals surface area contributed by atoms with E-state index in [2.05, 4.69) is 25.3 Å². The molecule has 2 aliphatic heterocycles. The molecule has 2 saturated heterocycles. The molecular formula is C13H22N6O2. The summed E-state index contributed by atoms with van der Waals surface area (Å²) in [7, 11) is 0. The molecule has 1 aromatic heterocycles. The van der Waals surface area contributed by atoms with Crippen LogP contribution in [0, 0.1) is 0 Å². The van der Waals surface area contributed by atoms with Crippen LogP contribution in [0.2, 0.25) is 0 Å². The van der Waals surface area contributed by atoms with Gasteiger partial charge in [0.2, 0.25) is 11.9 Å². The molecule has 0 aromatic carbocycles. The molecular weight excluding hydrogens is 272 g/mol. The topological polar surface area (TPSA) is 98.4 Å². The summed E-state index contributed by atoms with van der Waals surface area (Å²) < 4.78 is 11.2. The van der Waals surface area contributed by atoms with Crippen molar-refractivity contribution in [1.82, 2.24) is 15.0 Å². The van der Waals surface area contributed by atoms with Crippen molar-refractivity contribution in [3.63, 3.8) is 0 Å². The minimum absolute atomic E-state index is 0.0981. The largest absolute Gasteiger partial charge is 0.460 e. The summed E-state index contributed by atoms with van der Waals surface area (Å²) in [5.41, 5.74) is 2.49. The number of anilines is 2. The Labute approximate surface area is 124 Å². The molecule has 2 aliphatic rings. The Morgan fingerprint density at radius 3 is 2.57 bits per heavy atom. The van der Waals surface area contributed by atoms with E-state index in [0.717, 1.165) is 52.0 Å². The van der Waals surface area contributed by atoms with Crippen molar-refractivity contribution in [2.75, 3.05) is 36.6 Å². The molecule has 1 aromatic rings. The summed E-state index contributed by atoms with van der Waals surface area (Å²) >= 11 is 0. The second kappa shape index (κ2) is 6.86. The van der Waals surface area contributed by atoms with E-state index in [0.29, 0.717) is 17.9 Å². The Balaban J connectivity index is 1.75. The lowest BCUT2D eigenvalue weighted by atomic mass is 10.1. The van der Waals surface area contributed by atoms with Crippen molar-refractivity contribution in [3.8, 4) is 6.01 Å². The van der Waals surface area contributed by atoms with Crippen LogP contribution in [0.4, 0.5) is 11.9 Å². The van der Waals surface area contributed by atoms with Crippen molar-refractivity contribution < 1.29 is 9.47 Å². The highest BCUT2D eigenvalue weighted by Gasteiger charge is 2.20. The van der Waals surface area contributed by atoms with Crippen LogP contribution in [0.25, 0.3) is 0 Å². The number of nitrogen functional groups attached to an aromatic ring is 1. The zero-order valence-corrected chi connectivity index (χ0v) is 12.1. The maximum atomic E-state index is 5.86. The molecule has 3 N–H and O–H groups in total. The Morgan fingerprint density at radius 1 is 1.10 bits per heavy atom. The van der Waals surface area contributed by atoms with Gasteiger partial charge in [0, 0.05) is 25.9 Å². The van der Waals surface area contributed by atoms with Crippen LogP contribution in [0.1, 0.15) is 32.1 Å². The van der Waals surface area contributed by atoms with E-state index in [4.69, 9.17) is 15.3 Å². The summed E-state index contributed by atoms with van der Waals surface area (Å²) in [6.07, 6.45) is 5.39. The number of hydrazine groups is 1. The molecule has 0 spiro atoms. The van der Waals surface area contributed by atoms with Gasteiger partial charge < -0.3 is 14.4 Å². The molecule has 0 aliphatic carbocycles. The maximum Gasteiger partial charge on any atom is 0.323 e. The van der Waals surface area contributed by atoms with Gasteiger partial charge in [0.05, 0.1) is 13.2 Å². The van der Waals surface area contributed by atoms with Gasteiger partial charge in [-0.1, -0.05) is 0 Å². The third-order valence-corrected chi connectivity index (χ3v) is 3.81. The van der Waals surface area contributed by atoms with Gasteiger partial charge in [-0.25, -0.2) is 5.84 Å². The first kappa shape index (κ1) is 14.3. The maximum absolute atomic E-state index is 5.86. The van der Waals surface area contributed by atoms with E-state index in [1.165, 1.54) is 6.42 Å². The first-order valence-electron chi connectivity index (χ1n) is 7.57. The van der Waals surface area contributed by atoms with Crippen molar-refractivity contribution in [3.05, 3.63) is 0 Å². The minimum atomic E-state index is 0.0981. The Kier molecular flexibility index (Phi) is 4.66. The molecule has 8 heteroatoms. The van der Waals surface area contributed by atoms with Gasteiger partial charge in [0.1, 0.15) is 6.10 Å². The molecule has 0 atom stereocenters. The van der Waals surface area contributed by atoms with Gasteiger partial charge in [0.25, 0.3) is 0 Å². The number of nitrogens with zero attached hydrogens (tertiary/aromatic N) is 4. The van der Waals surface area contributed by atoms with E-state index in [1.54, 1.807) is 0 Å². The van der Waals surface area contributed by atoms with Crippen molar-refractivity contribution >= 4 is 11.9 Å². The van der Waals surface area contributed by atoms with Crippen LogP contribution >= 0.6 is 0 Å². The van der Waals surface area contributed by atoms with Gasteiger partial charge in [-0.15, -0.1) is 0 Å². The number of nitrogens with one attached hydrogen (secondary N) is 1. The summed E-state index contributed by atoms with van der Waals surface area (Å²) in [6.45, 7) is 3.36. The van der Waals surface area contributed by atoms with Crippen LogP contribution in [-0.4, -0.2) is 47.4 Å². The van der Waals surface area contributed by atoms with Crippen LogP contribution in [0.5, 0.6) is 6.01 Å². The van der Waals surface area contributed by atoms with E-state index >= 15 is 0 Å². The van der Waals surface area contributed by atoms with Gasteiger partial charge in [-0.2, -0.15) is 15.0 Å². The summed E-state index contributed by atoms with van der Waals surface area (Å²) in [4.78, 5) is 15.1. The second-order valence-electron chi connectivity index (χ2n) is 5.36. The summed E-state index contributed by atoms with van der Waals surface area (Å²) in [5, 5.41) is 0. The van der Waals surface area contributed by atoms with E-state index < -0.39 is 0 Å². The molecule has 0 unspecified atom stereocenters. The summed E-state index contributed by atoms with van der Waals surface area (Å²) in [5.74, 6) is 6.43. The zero-order valence-electron chi connectivity index (χ0n) is 12.1. The minimum Gasteiger partial charge on any atom is -0.460 e. The lowest BCUT2D eigenvalue weighted by Crippen LogP contribution is -2.32. The van der Waals surface area contributed by atoms with Crippen molar-refractivity contribution in [2.24, 2.45) is 5.84 Å². The molecule has 21 heavy (non-hydrogen) atoms. The lowest BCUT2D eigenvalue weighted by Gasteiger charge is -2.27. The van der Waals surface area contributed by atoms with Crippen LogP contribution in [0.3, 0.4) is 0 Å². The van der Waals surface area contributed by atoms with Crippen LogP contribution in [-0.2, 0) is 4.74 Å². The van der Waals surface area contributed by atoms with Crippen molar-refractivity contribution in [1.29, 1.82) is 0 Å². The van der Waals surface area contributed by atoms with E-state index in [1.807, 2.05) is 0 Å². The van der Waals surface area contributed by atoms with E-state index in [-0.39, 0.29) is 6.10 Å². The average Bonchev–Trinajstić information content (AvgIpc) is 2.56. The van der Waals surface area contributed by atoms with Gasteiger partial charge in [0.15, 0.2) is 0 Å². The number of ether oxygens (including phenoxy) is 2. The Hall–Kier alpha value is -1.67. The highest BCUT2D eigenvalue weighted by atomic mass is 16.5. The first-order chi connectivity index (χ1) is 10.3. The SMILES string of the molecule is NNc1nc(OC2CCOCC2)nc(N2CCCCC2)n1. The normalized spacial score (nSPS) is 20.3.